The average Bonchev–Trinajstić information content (AvgIpc) is 1.90. The van der Waals surface area contributed by atoms with Crippen molar-refractivity contribution in [3.63, 3.8) is 0 Å². The highest BCUT2D eigenvalue weighted by Gasteiger charge is 2.25. The van der Waals surface area contributed by atoms with Gasteiger partial charge in [0.25, 0.3) is 0 Å². The van der Waals surface area contributed by atoms with Crippen molar-refractivity contribution in [2.45, 2.75) is 24.9 Å². The van der Waals surface area contributed by atoms with Crippen LogP contribution in [0.2, 0.25) is 0 Å². The number of aliphatic hydroxyl groups is 1. The molecule has 0 bridgehead atoms. The van der Waals surface area contributed by atoms with Gasteiger partial charge in [0.1, 0.15) is 5.60 Å². The smallest absolute Gasteiger partial charge is 0.151 e. The molecule has 0 radical (unpaired) electrons. The fourth-order valence-electron chi connectivity index (χ4n) is 0.948. The van der Waals surface area contributed by atoms with Crippen molar-refractivity contribution >= 4 is 6.29 Å². The molecule has 0 fully saturated rings. The standard InChI is InChI=1S/C7H10O2/c8-6-7(9)4-2-1-3-5-7/h1-2,6,9H,3-5H2. The number of rotatable bonds is 1. The van der Waals surface area contributed by atoms with Gasteiger partial charge in [0.2, 0.25) is 0 Å². The second-order valence-corrected chi connectivity index (χ2v) is 2.44. The van der Waals surface area contributed by atoms with Crippen LogP contribution in [0.5, 0.6) is 0 Å². The number of allylic oxidation sites excluding steroid dienone is 1. The fourth-order valence-corrected chi connectivity index (χ4v) is 0.948. The third-order valence-electron chi connectivity index (χ3n) is 1.60. The first-order valence-corrected chi connectivity index (χ1v) is 3.10. The quantitative estimate of drug-likeness (QED) is 0.414. The van der Waals surface area contributed by atoms with Crippen LogP contribution in [0.25, 0.3) is 0 Å². The van der Waals surface area contributed by atoms with Gasteiger partial charge < -0.3 is 9.90 Å². The summed E-state index contributed by atoms with van der Waals surface area (Å²) in [6.45, 7) is 0. The van der Waals surface area contributed by atoms with E-state index in [1.807, 2.05) is 12.2 Å². The highest BCUT2D eigenvalue weighted by molar-refractivity contribution is 5.62. The van der Waals surface area contributed by atoms with Crippen LogP contribution in [0.3, 0.4) is 0 Å². The van der Waals surface area contributed by atoms with E-state index < -0.39 is 5.60 Å². The van der Waals surface area contributed by atoms with Crippen molar-refractivity contribution in [3.8, 4) is 0 Å². The van der Waals surface area contributed by atoms with Gasteiger partial charge in [0, 0.05) is 6.42 Å². The molecule has 2 nitrogen and oxygen atoms in total. The SMILES string of the molecule is O=CC1(O)CC=CCC1. The summed E-state index contributed by atoms with van der Waals surface area (Å²) in [4.78, 5) is 10.2. The Balaban J connectivity index is 2.60. The number of aldehydes is 1. The third-order valence-corrected chi connectivity index (χ3v) is 1.60. The summed E-state index contributed by atoms with van der Waals surface area (Å²) < 4.78 is 0. The van der Waals surface area contributed by atoms with E-state index in [1.165, 1.54) is 0 Å². The molecule has 0 aromatic heterocycles. The second kappa shape index (κ2) is 2.31. The van der Waals surface area contributed by atoms with Crippen molar-refractivity contribution in [2.75, 3.05) is 0 Å². The molecule has 0 aromatic carbocycles. The first kappa shape index (κ1) is 6.49. The summed E-state index contributed by atoms with van der Waals surface area (Å²) in [5.41, 5.74) is -1.05. The van der Waals surface area contributed by atoms with E-state index in [4.69, 9.17) is 0 Å². The molecule has 0 saturated heterocycles. The van der Waals surface area contributed by atoms with Crippen molar-refractivity contribution in [2.24, 2.45) is 0 Å². The molecule has 1 atom stereocenters. The molecule has 1 unspecified atom stereocenters. The van der Waals surface area contributed by atoms with E-state index in [1.54, 1.807) is 0 Å². The number of hydrogen-bond acceptors (Lipinski definition) is 2. The minimum atomic E-state index is -1.05. The Morgan fingerprint density at radius 2 is 2.33 bits per heavy atom. The maximum atomic E-state index is 10.2. The number of carbonyl (C=O) groups is 1. The van der Waals surface area contributed by atoms with Crippen LogP contribution in [0, 0.1) is 0 Å². The maximum Gasteiger partial charge on any atom is 0.151 e. The van der Waals surface area contributed by atoms with Gasteiger partial charge in [-0.15, -0.1) is 0 Å². The molecule has 2 heteroatoms. The van der Waals surface area contributed by atoms with E-state index in [-0.39, 0.29) is 0 Å². The minimum absolute atomic E-state index is 0.483. The van der Waals surface area contributed by atoms with E-state index in [0.29, 0.717) is 19.1 Å². The molecule has 9 heavy (non-hydrogen) atoms. The fraction of sp³-hybridized carbons (Fsp3) is 0.571. The second-order valence-electron chi connectivity index (χ2n) is 2.44. The summed E-state index contributed by atoms with van der Waals surface area (Å²) in [7, 11) is 0. The normalized spacial score (nSPS) is 34.3. The minimum Gasteiger partial charge on any atom is -0.382 e. The lowest BCUT2D eigenvalue weighted by Gasteiger charge is -2.21. The average molecular weight is 126 g/mol. The van der Waals surface area contributed by atoms with E-state index in [2.05, 4.69) is 0 Å². The van der Waals surface area contributed by atoms with Crippen LogP contribution in [0.1, 0.15) is 19.3 Å². The Kier molecular flexibility index (Phi) is 1.67. The van der Waals surface area contributed by atoms with Crippen LogP contribution >= 0.6 is 0 Å². The van der Waals surface area contributed by atoms with E-state index >= 15 is 0 Å². The summed E-state index contributed by atoms with van der Waals surface area (Å²) >= 11 is 0. The van der Waals surface area contributed by atoms with Gasteiger partial charge in [0.15, 0.2) is 6.29 Å². The number of carbonyl (C=O) groups excluding carboxylic acids is 1. The number of hydrogen-bond donors (Lipinski definition) is 1. The largest absolute Gasteiger partial charge is 0.382 e. The van der Waals surface area contributed by atoms with E-state index in [9.17, 15) is 9.90 Å². The Morgan fingerprint density at radius 1 is 1.56 bits per heavy atom. The predicted octanol–water partition coefficient (Wildman–Crippen LogP) is 0.657. The molecule has 0 heterocycles. The van der Waals surface area contributed by atoms with Crippen LogP contribution in [0.15, 0.2) is 12.2 Å². The Hall–Kier alpha value is -0.630. The summed E-state index contributed by atoms with van der Waals surface area (Å²) in [6, 6.07) is 0. The Morgan fingerprint density at radius 3 is 2.67 bits per heavy atom. The van der Waals surface area contributed by atoms with Gasteiger partial charge >= 0.3 is 0 Å². The molecule has 1 rings (SSSR count). The summed E-state index contributed by atoms with van der Waals surface area (Å²) in [5.74, 6) is 0. The maximum absolute atomic E-state index is 10.2. The highest BCUT2D eigenvalue weighted by Crippen LogP contribution is 2.20. The molecular weight excluding hydrogens is 116 g/mol. The van der Waals surface area contributed by atoms with Gasteiger partial charge in [-0.25, -0.2) is 0 Å². The van der Waals surface area contributed by atoms with Crippen LogP contribution in [0.4, 0.5) is 0 Å². The van der Waals surface area contributed by atoms with Crippen LogP contribution < -0.4 is 0 Å². The van der Waals surface area contributed by atoms with Crippen molar-refractivity contribution in [1.82, 2.24) is 0 Å². The zero-order valence-electron chi connectivity index (χ0n) is 5.21. The summed E-state index contributed by atoms with van der Waals surface area (Å²) in [6.07, 6.45) is 6.34. The lowest BCUT2D eigenvalue weighted by Crippen LogP contribution is -2.30. The Bertz CT molecular complexity index is 140. The molecule has 0 aliphatic heterocycles. The van der Waals surface area contributed by atoms with E-state index in [0.717, 1.165) is 6.42 Å². The van der Waals surface area contributed by atoms with Gasteiger partial charge in [-0.2, -0.15) is 0 Å². The predicted molar refractivity (Wildman–Crippen MR) is 34.0 cm³/mol. The Labute approximate surface area is 54.2 Å². The van der Waals surface area contributed by atoms with Gasteiger partial charge in [-0.05, 0) is 12.8 Å². The molecule has 1 aliphatic rings. The molecule has 0 saturated carbocycles. The lowest BCUT2D eigenvalue weighted by molar-refractivity contribution is -0.124. The molecule has 0 aromatic rings. The van der Waals surface area contributed by atoms with Gasteiger partial charge in [0.05, 0.1) is 0 Å². The van der Waals surface area contributed by atoms with Crippen LogP contribution in [-0.4, -0.2) is 17.0 Å². The third kappa shape index (κ3) is 1.39. The zero-order valence-corrected chi connectivity index (χ0v) is 5.21. The first-order valence-electron chi connectivity index (χ1n) is 3.10. The first-order chi connectivity index (χ1) is 4.27. The topological polar surface area (TPSA) is 37.3 Å². The molecular formula is C7H10O2. The summed E-state index contributed by atoms with van der Waals surface area (Å²) in [5, 5.41) is 9.26. The molecule has 1 aliphatic carbocycles. The lowest BCUT2D eigenvalue weighted by atomic mass is 9.91. The zero-order chi connectivity index (χ0) is 6.74. The van der Waals surface area contributed by atoms with Crippen LogP contribution in [-0.2, 0) is 4.79 Å². The van der Waals surface area contributed by atoms with Gasteiger partial charge in [-0.3, -0.25) is 0 Å². The molecule has 0 spiro atoms. The van der Waals surface area contributed by atoms with Gasteiger partial charge in [-0.1, -0.05) is 12.2 Å². The molecule has 0 amide bonds. The molecule has 50 valence electrons. The highest BCUT2D eigenvalue weighted by atomic mass is 16.3. The molecule has 1 N–H and O–H groups in total. The van der Waals surface area contributed by atoms with Crippen molar-refractivity contribution in [3.05, 3.63) is 12.2 Å². The monoisotopic (exact) mass is 126 g/mol. The van der Waals surface area contributed by atoms with Crippen molar-refractivity contribution < 1.29 is 9.90 Å². The van der Waals surface area contributed by atoms with Crippen molar-refractivity contribution in [1.29, 1.82) is 0 Å².